The molecular formula is C11H18Cl2N2OS. The molecule has 0 saturated carbocycles. The van der Waals surface area contributed by atoms with Gasteiger partial charge in [0.15, 0.2) is 0 Å². The molecule has 98 valence electrons. The van der Waals surface area contributed by atoms with Gasteiger partial charge in [-0.1, -0.05) is 11.6 Å². The third-order valence-electron chi connectivity index (χ3n) is 2.22. The summed E-state index contributed by atoms with van der Waals surface area (Å²) in [5.74, 6) is 0.0278. The summed E-state index contributed by atoms with van der Waals surface area (Å²) >= 11 is 7.32. The number of aryl methyl sites for hydroxylation is 1. The SMILES string of the molecule is CC(C)(CN)NC(=O)CCc1ccc(Cl)s1.Cl. The van der Waals surface area contributed by atoms with Crippen molar-refractivity contribution in [2.75, 3.05) is 6.54 Å². The highest BCUT2D eigenvalue weighted by Crippen LogP contribution is 2.22. The minimum absolute atomic E-state index is 0. The Kier molecular flexibility index (Phi) is 7.09. The molecule has 0 radical (unpaired) electrons. The maximum absolute atomic E-state index is 11.6. The van der Waals surface area contributed by atoms with Crippen LogP contribution in [0.1, 0.15) is 25.1 Å². The van der Waals surface area contributed by atoms with Gasteiger partial charge in [0.05, 0.1) is 4.34 Å². The van der Waals surface area contributed by atoms with Crippen LogP contribution in [0.4, 0.5) is 0 Å². The second kappa shape index (κ2) is 7.21. The maximum atomic E-state index is 11.6. The van der Waals surface area contributed by atoms with Crippen LogP contribution in [0.3, 0.4) is 0 Å². The van der Waals surface area contributed by atoms with Gasteiger partial charge in [-0.3, -0.25) is 4.79 Å². The van der Waals surface area contributed by atoms with Gasteiger partial charge in [-0.05, 0) is 32.4 Å². The fourth-order valence-corrected chi connectivity index (χ4v) is 2.30. The van der Waals surface area contributed by atoms with Crippen molar-refractivity contribution in [2.24, 2.45) is 5.73 Å². The van der Waals surface area contributed by atoms with Gasteiger partial charge in [0.25, 0.3) is 0 Å². The van der Waals surface area contributed by atoms with Crippen LogP contribution in [0.2, 0.25) is 4.34 Å². The number of rotatable bonds is 5. The zero-order valence-corrected chi connectivity index (χ0v) is 12.3. The van der Waals surface area contributed by atoms with Crippen LogP contribution in [0.5, 0.6) is 0 Å². The molecule has 1 aromatic heterocycles. The predicted octanol–water partition coefficient (Wildman–Crippen LogP) is 2.61. The molecule has 6 heteroatoms. The van der Waals surface area contributed by atoms with E-state index < -0.39 is 0 Å². The van der Waals surface area contributed by atoms with E-state index in [0.29, 0.717) is 13.0 Å². The molecule has 17 heavy (non-hydrogen) atoms. The highest BCUT2D eigenvalue weighted by molar-refractivity contribution is 7.16. The molecule has 1 aromatic rings. The Morgan fingerprint density at radius 1 is 1.53 bits per heavy atom. The molecule has 0 saturated heterocycles. The van der Waals surface area contributed by atoms with Crippen molar-refractivity contribution in [3.05, 3.63) is 21.3 Å². The number of carbonyl (C=O) groups is 1. The summed E-state index contributed by atoms with van der Waals surface area (Å²) in [5, 5.41) is 2.89. The summed E-state index contributed by atoms with van der Waals surface area (Å²) in [6.45, 7) is 4.25. The number of nitrogens with one attached hydrogen (secondary N) is 1. The topological polar surface area (TPSA) is 55.1 Å². The first-order valence-electron chi connectivity index (χ1n) is 5.18. The lowest BCUT2D eigenvalue weighted by atomic mass is 10.1. The minimum Gasteiger partial charge on any atom is -0.350 e. The smallest absolute Gasteiger partial charge is 0.220 e. The van der Waals surface area contributed by atoms with Crippen molar-refractivity contribution < 1.29 is 4.79 Å². The minimum atomic E-state index is -0.329. The largest absolute Gasteiger partial charge is 0.350 e. The Morgan fingerprint density at radius 2 is 2.18 bits per heavy atom. The van der Waals surface area contributed by atoms with E-state index in [0.717, 1.165) is 15.6 Å². The molecule has 0 aliphatic rings. The Morgan fingerprint density at radius 3 is 2.65 bits per heavy atom. The molecule has 1 heterocycles. The van der Waals surface area contributed by atoms with Crippen LogP contribution in [0, 0.1) is 0 Å². The zero-order valence-electron chi connectivity index (χ0n) is 9.96. The van der Waals surface area contributed by atoms with Crippen LogP contribution in [-0.4, -0.2) is 18.0 Å². The number of amides is 1. The number of halogens is 2. The average molecular weight is 297 g/mol. The number of carbonyl (C=O) groups excluding carboxylic acids is 1. The van der Waals surface area contributed by atoms with Gasteiger partial charge in [-0.2, -0.15) is 0 Å². The molecule has 0 bridgehead atoms. The van der Waals surface area contributed by atoms with E-state index in [1.54, 1.807) is 0 Å². The quantitative estimate of drug-likeness (QED) is 0.877. The Hall–Kier alpha value is -0.290. The van der Waals surface area contributed by atoms with E-state index in [1.807, 2.05) is 26.0 Å². The van der Waals surface area contributed by atoms with Crippen molar-refractivity contribution in [2.45, 2.75) is 32.2 Å². The highest BCUT2D eigenvalue weighted by atomic mass is 35.5. The van der Waals surface area contributed by atoms with E-state index in [-0.39, 0.29) is 23.9 Å². The molecule has 0 spiro atoms. The fourth-order valence-electron chi connectivity index (χ4n) is 1.21. The molecule has 0 aromatic carbocycles. The lowest BCUT2D eigenvalue weighted by Gasteiger charge is -2.24. The molecule has 0 aliphatic carbocycles. The summed E-state index contributed by atoms with van der Waals surface area (Å²) in [6.07, 6.45) is 1.20. The number of hydrogen-bond acceptors (Lipinski definition) is 3. The summed E-state index contributed by atoms with van der Waals surface area (Å²) in [7, 11) is 0. The highest BCUT2D eigenvalue weighted by Gasteiger charge is 2.17. The first-order valence-corrected chi connectivity index (χ1v) is 6.38. The van der Waals surface area contributed by atoms with Gasteiger partial charge in [0.1, 0.15) is 0 Å². The third kappa shape index (κ3) is 6.27. The van der Waals surface area contributed by atoms with Gasteiger partial charge in [0, 0.05) is 23.4 Å². The van der Waals surface area contributed by atoms with Crippen LogP contribution in [0.15, 0.2) is 12.1 Å². The molecule has 0 fully saturated rings. The van der Waals surface area contributed by atoms with E-state index in [1.165, 1.54) is 11.3 Å². The third-order valence-corrected chi connectivity index (χ3v) is 3.51. The molecule has 3 nitrogen and oxygen atoms in total. The van der Waals surface area contributed by atoms with Crippen molar-refractivity contribution >= 4 is 41.3 Å². The maximum Gasteiger partial charge on any atom is 0.220 e. The first-order chi connectivity index (χ1) is 7.43. The Bertz CT molecular complexity index is 366. The molecule has 1 rings (SSSR count). The molecule has 0 unspecified atom stereocenters. The monoisotopic (exact) mass is 296 g/mol. The van der Waals surface area contributed by atoms with Crippen molar-refractivity contribution in [3.63, 3.8) is 0 Å². The zero-order chi connectivity index (χ0) is 12.2. The van der Waals surface area contributed by atoms with Gasteiger partial charge >= 0.3 is 0 Å². The van der Waals surface area contributed by atoms with Crippen LogP contribution in [0.25, 0.3) is 0 Å². The summed E-state index contributed by atoms with van der Waals surface area (Å²) in [4.78, 5) is 12.7. The number of thiophene rings is 1. The number of hydrogen-bond donors (Lipinski definition) is 2. The van der Waals surface area contributed by atoms with Crippen molar-refractivity contribution in [1.82, 2.24) is 5.32 Å². The predicted molar refractivity (Wildman–Crippen MR) is 76.2 cm³/mol. The average Bonchev–Trinajstić information content (AvgIpc) is 2.61. The molecule has 0 aliphatic heterocycles. The summed E-state index contributed by atoms with van der Waals surface area (Å²) in [5.41, 5.74) is 5.21. The Labute approximate surface area is 117 Å². The van der Waals surface area contributed by atoms with E-state index in [4.69, 9.17) is 17.3 Å². The van der Waals surface area contributed by atoms with E-state index in [2.05, 4.69) is 5.32 Å². The fraction of sp³-hybridized carbons (Fsp3) is 0.545. The van der Waals surface area contributed by atoms with Gasteiger partial charge < -0.3 is 11.1 Å². The van der Waals surface area contributed by atoms with E-state index >= 15 is 0 Å². The molecule has 3 N–H and O–H groups in total. The molecular weight excluding hydrogens is 279 g/mol. The molecule has 0 atom stereocenters. The summed E-state index contributed by atoms with van der Waals surface area (Å²) < 4.78 is 0.762. The van der Waals surface area contributed by atoms with Crippen molar-refractivity contribution in [3.8, 4) is 0 Å². The second-order valence-electron chi connectivity index (χ2n) is 4.34. The van der Waals surface area contributed by atoms with Crippen molar-refractivity contribution in [1.29, 1.82) is 0 Å². The van der Waals surface area contributed by atoms with Gasteiger partial charge in [-0.15, -0.1) is 23.7 Å². The lowest BCUT2D eigenvalue weighted by molar-refractivity contribution is -0.122. The second-order valence-corrected chi connectivity index (χ2v) is 6.14. The normalized spacial score (nSPS) is 10.8. The van der Waals surface area contributed by atoms with Crippen LogP contribution < -0.4 is 11.1 Å². The van der Waals surface area contributed by atoms with Crippen LogP contribution >= 0.6 is 35.3 Å². The van der Waals surface area contributed by atoms with E-state index in [9.17, 15) is 4.79 Å². The first kappa shape index (κ1) is 16.7. The number of nitrogens with two attached hydrogens (primary N) is 1. The van der Waals surface area contributed by atoms with Gasteiger partial charge in [-0.25, -0.2) is 0 Å². The van der Waals surface area contributed by atoms with Crippen LogP contribution in [-0.2, 0) is 11.2 Å². The standard InChI is InChI=1S/C11H17ClN2OS.ClH/c1-11(2,7-13)14-10(15)6-4-8-3-5-9(12)16-8;/h3,5H,4,6-7,13H2,1-2H3,(H,14,15);1H. The lowest BCUT2D eigenvalue weighted by Crippen LogP contribution is -2.48. The van der Waals surface area contributed by atoms with Gasteiger partial charge in [0.2, 0.25) is 5.91 Å². The summed E-state index contributed by atoms with van der Waals surface area (Å²) in [6, 6.07) is 3.80. The molecule has 1 amide bonds. The Balaban J connectivity index is 0.00000256.